The zero-order valence-electron chi connectivity index (χ0n) is 10.4. The molecule has 1 N–H and O–H groups in total. The summed E-state index contributed by atoms with van der Waals surface area (Å²) in [5.74, 6) is 0. The van der Waals surface area contributed by atoms with Crippen molar-refractivity contribution in [2.75, 3.05) is 6.54 Å². The molecular formula is C14H17BrN2S. The molecule has 0 aromatic carbocycles. The third-order valence-electron chi connectivity index (χ3n) is 2.80. The number of aromatic nitrogens is 1. The van der Waals surface area contributed by atoms with Crippen LogP contribution in [0.15, 0.2) is 39.6 Å². The van der Waals surface area contributed by atoms with Crippen LogP contribution in [0.2, 0.25) is 0 Å². The molecule has 0 radical (unpaired) electrons. The third-order valence-corrected chi connectivity index (χ3v) is 4.55. The summed E-state index contributed by atoms with van der Waals surface area (Å²) in [6.07, 6.45) is 3.92. The lowest BCUT2D eigenvalue weighted by atomic mass is 10.0. The van der Waals surface area contributed by atoms with Crippen molar-refractivity contribution in [2.45, 2.75) is 25.8 Å². The molecule has 0 amide bonds. The van der Waals surface area contributed by atoms with Gasteiger partial charge in [0.05, 0.1) is 0 Å². The van der Waals surface area contributed by atoms with E-state index in [1.807, 2.05) is 18.3 Å². The van der Waals surface area contributed by atoms with Gasteiger partial charge in [0, 0.05) is 34.2 Å². The molecule has 0 bridgehead atoms. The summed E-state index contributed by atoms with van der Waals surface area (Å²) < 4.78 is 1.19. The summed E-state index contributed by atoms with van der Waals surface area (Å²) >= 11 is 5.35. The Labute approximate surface area is 121 Å². The Bertz CT molecular complexity index is 470. The molecule has 0 aliphatic heterocycles. The van der Waals surface area contributed by atoms with E-state index in [4.69, 9.17) is 0 Å². The normalized spacial score (nSPS) is 12.6. The van der Waals surface area contributed by atoms with E-state index in [1.54, 1.807) is 11.3 Å². The molecule has 1 atom stereocenters. The summed E-state index contributed by atoms with van der Waals surface area (Å²) in [6.45, 7) is 3.22. The molecule has 0 saturated heterocycles. The predicted molar refractivity (Wildman–Crippen MR) is 81.0 cm³/mol. The van der Waals surface area contributed by atoms with E-state index in [-0.39, 0.29) is 0 Å². The monoisotopic (exact) mass is 324 g/mol. The fourth-order valence-electron chi connectivity index (χ4n) is 1.88. The van der Waals surface area contributed by atoms with E-state index < -0.39 is 0 Å². The molecule has 2 nitrogen and oxygen atoms in total. The molecule has 0 saturated carbocycles. The number of halogens is 1. The van der Waals surface area contributed by atoms with Crippen LogP contribution in [0.1, 0.15) is 30.6 Å². The van der Waals surface area contributed by atoms with E-state index in [9.17, 15) is 0 Å². The van der Waals surface area contributed by atoms with E-state index >= 15 is 0 Å². The van der Waals surface area contributed by atoms with Gasteiger partial charge in [-0.3, -0.25) is 4.98 Å². The second-order valence-electron chi connectivity index (χ2n) is 4.21. The first-order valence-corrected chi connectivity index (χ1v) is 7.89. The highest BCUT2D eigenvalue weighted by Crippen LogP contribution is 2.29. The summed E-state index contributed by atoms with van der Waals surface area (Å²) in [6, 6.07) is 6.42. The molecule has 2 aromatic heterocycles. The van der Waals surface area contributed by atoms with Crippen molar-refractivity contribution in [1.29, 1.82) is 0 Å². The summed E-state index contributed by atoms with van der Waals surface area (Å²) in [7, 11) is 0. The smallest absolute Gasteiger partial charge is 0.0422 e. The minimum atomic E-state index is 0.334. The first-order valence-electron chi connectivity index (χ1n) is 6.16. The minimum Gasteiger partial charge on any atom is -0.310 e. The highest BCUT2D eigenvalue weighted by molar-refractivity contribution is 9.10. The topological polar surface area (TPSA) is 24.9 Å². The Kier molecular flexibility index (Phi) is 5.35. The average molecular weight is 325 g/mol. The maximum absolute atomic E-state index is 4.41. The molecule has 0 aliphatic rings. The van der Waals surface area contributed by atoms with Crippen LogP contribution in [0.5, 0.6) is 0 Å². The van der Waals surface area contributed by atoms with Crippen LogP contribution in [0.4, 0.5) is 0 Å². The van der Waals surface area contributed by atoms with Crippen LogP contribution < -0.4 is 5.32 Å². The Morgan fingerprint density at radius 2 is 2.28 bits per heavy atom. The molecule has 2 heterocycles. The molecule has 2 aromatic rings. The Balaban J connectivity index is 2.13. The number of hydrogen-bond acceptors (Lipinski definition) is 3. The van der Waals surface area contributed by atoms with Gasteiger partial charge in [-0.15, -0.1) is 0 Å². The van der Waals surface area contributed by atoms with Gasteiger partial charge in [0.15, 0.2) is 0 Å². The second-order valence-corrected chi connectivity index (χ2v) is 5.80. The first kappa shape index (κ1) is 13.7. The molecule has 0 aliphatic carbocycles. The van der Waals surface area contributed by atoms with Gasteiger partial charge >= 0.3 is 0 Å². The molecule has 0 spiro atoms. The molecule has 0 fully saturated rings. The lowest BCUT2D eigenvalue weighted by Gasteiger charge is -2.18. The quantitative estimate of drug-likeness (QED) is 0.861. The number of rotatable bonds is 6. The molecular weight excluding hydrogens is 308 g/mol. The van der Waals surface area contributed by atoms with Gasteiger partial charge in [-0.1, -0.05) is 13.0 Å². The third kappa shape index (κ3) is 3.64. The fourth-order valence-corrected chi connectivity index (χ4v) is 3.51. The van der Waals surface area contributed by atoms with Crippen LogP contribution in [-0.2, 0) is 6.42 Å². The average Bonchev–Trinajstić information content (AvgIpc) is 2.82. The lowest BCUT2D eigenvalue weighted by molar-refractivity contribution is 0.524. The van der Waals surface area contributed by atoms with Crippen LogP contribution in [0, 0.1) is 0 Å². The van der Waals surface area contributed by atoms with Crippen LogP contribution in [0.3, 0.4) is 0 Å². The number of thiophene rings is 1. The Morgan fingerprint density at radius 3 is 2.89 bits per heavy atom. The summed E-state index contributed by atoms with van der Waals surface area (Å²) in [5.41, 5.74) is 2.46. The van der Waals surface area contributed by atoms with Gasteiger partial charge in [0.2, 0.25) is 0 Å². The zero-order valence-corrected chi connectivity index (χ0v) is 12.8. The fraction of sp³-hybridized carbons (Fsp3) is 0.357. The first-order chi connectivity index (χ1) is 8.81. The van der Waals surface area contributed by atoms with E-state index in [2.05, 4.69) is 50.0 Å². The van der Waals surface area contributed by atoms with Gasteiger partial charge < -0.3 is 5.32 Å². The van der Waals surface area contributed by atoms with E-state index in [0.29, 0.717) is 6.04 Å². The van der Waals surface area contributed by atoms with Gasteiger partial charge in [-0.2, -0.15) is 11.3 Å². The van der Waals surface area contributed by atoms with Crippen LogP contribution in [-0.4, -0.2) is 11.5 Å². The Hall–Kier alpha value is -0.710. The maximum atomic E-state index is 4.41. The molecule has 1 unspecified atom stereocenters. The van der Waals surface area contributed by atoms with E-state index in [1.165, 1.54) is 10.0 Å². The van der Waals surface area contributed by atoms with Crippen molar-refractivity contribution in [2.24, 2.45) is 0 Å². The van der Waals surface area contributed by atoms with Crippen molar-refractivity contribution in [3.63, 3.8) is 0 Å². The molecule has 2 rings (SSSR count). The van der Waals surface area contributed by atoms with Gasteiger partial charge in [-0.05, 0) is 52.0 Å². The molecule has 4 heteroatoms. The number of nitrogens with one attached hydrogen (secondary N) is 1. The highest BCUT2D eigenvalue weighted by atomic mass is 79.9. The largest absolute Gasteiger partial charge is 0.310 e. The van der Waals surface area contributed by atoms with Crippen molar-refractivity contribution in [3.05, 3.63) is 50.9 Å². The van der Waals surface area contributed by atoms with Crippen molar-refractivity contribution in [1.82, 2.24) is 10.3 Å². The number of nitrogens with zero attached hydrogens (tertiary/aromatic N) is 1. The van der Waals surface area contributed by atoms with Crippen LogP contribution >= 0.6 is 27.3 Å². The minimum absolute atomic E-state index is 0.334. The van der Waals surface area contributed by atoms with E-state index in [0.717, 1.165) is 25.1 Å². The van der Waals surface area contributed by atoms with Gasteiger partial charge in [-0.25, -0.2) is 0 Å². The van der Waals surface area contributed by atoms with Crippen LogP contribution in [0.25, 0.3) is 0 Å². The predicted octanol–water partition coefficient (Wildman–Crippen LogP) is 4.19. The van der Waals surface area contributed by atoms with Crippen molar-refractivity contribution >= 4 is 27.3 Å². The zero-order chi connectivity index (χ0) is 12.8. The summed E-state index contributed by atoms with van der Waals surface area (Å²) in [5, 5.41) is 7.94. The van der Waals surface area contributed by atoms with Gasteiger partial charge in [0.25, 0.3) is 0 Å². The van der Waals surface area contributed by atoms with Crippen molar-refractivity contribution in [3.8, 4) is 0 Å². The number of pyridine rings is 1. The summed E-state index contributed by atoms with van der Waals surface area (Å²) in [4.78, 5) is 4.41. The maximum Gasteiger partial charge on any atom is 0.0422 e. The lowest BCUT2D eigenvalue weighted by Crippen LogP contribution is -2.24. The SMILES string of the molecule is CCCNC(Cc1ccccn1)c1cscc1Br. The second kappa shape index (κ2) is 7.02. The molecule has 96 valence electrons. The Morgan fingerprint density at radius 1 is 1.39 bits per heavy atom. The highest BCUT2D eigenvalue weighted by Gasteiger charge is 2.15. The standard InChI is InChI=1S/C14H17BrN2S/c1-2-6-17-14(12-9-18-10-13(12)15)8-11-5-3-4-7-16-11/h3-5,7,9-10,14,17H,2,6,8H2,1H3. The van der Waals surface area contributed by atoms with Crippen molar-refractivity contribution < 1.29 is 0 Å². The molecule has 18 heavy (non-hydrogen) atoms. The van der Waals surface area contributed by atoms with Gasteiger partial charge in [0.1, 0.15) is 0 Å². The number of hydrogen-bond donors (Lipinski definition) is 1.